The van der Waals surface area contributed by atoms with Crippen LogP contribution in [0.1, 0.15) is 51.2 Å². The Hall–Kier alpha value is -1.98. The van der Waals surface area contributed by atoms with Crippen molar-refractivity contribution in [2.24, 2.45) is 0 Å². The fraction of sp³-hybridized carbons (Fsp3) is 0.440. The first-order valence-electron chi connectivity index (χ1n) is 10.8. The first-order valence-corrected chi connectivity index (χ1v) is 12.2. The van der Waals surface area contributed by atoms with Crippen LogP contribution in [0, 0.1) is 6.92 Å². The highest BCUT2D eigenvalue weighted by Gasteiger charge is 2.26. The third-order valence-corrected chi connectivity index (χ3v) is 6.74. The molecule has 0 aliphatic rings. The standard InChI is InChI=1S/C25H33ClN2O2S/c1-5-19(3)27-25(30)20(4)28(17-21-10-7-6-9-18(21)2)24(29)11-8-16-31-23-14-12-22(26)13-15-23/h6-7,9-10,12-15,19-20H,5,8,11,16-17H2,1-4H3,(H,27,30)/t19-,20+/m1/s1. The maximum absolute atomic E-state index is 13.1. The highest BCUT2D eigenvalue weighted by atomic mass is 35.5. The molecule has 4 nitrogen and oxygen atoms in total. The van der Waals surface area contributed by atoms with Crippen LogP contribution in [0.4, 0.5) is 0 Å². The Labute approximate surface area is 195 Å². The summed E-state index contributed by atoms with van der Waals surface area (Å²) in [7, 11) is 0. The summed E-state index contributed by atoms with van der Waals surface area (Å²) in [4.78, 5) is 28.7. The van der Waals surface area contributed by atoms with E-state index in [1.54, 1.807) is 16.7 Å². The topological polar surface area (TPSA) is 49.4 Å². The lowest BCUT2D eigenvalue weighted by Gasteiger charge is -2.30. The number of rotatable bonds is 11. The zero-order chi connectivity index (χ0) is 22.8. The van der Waals surface area contributed by atoms with Crippen LogP contribution in [0.2, 0.25) is 5.02 Å². The molecule has 0 fully saturated rings. The minimum absolute atomic E-state index is 0.00626. The predicted molar refractivity (Wildman–Crippen MR) is 130 cm³/mol. The van der Waals surface area contributed by atoms with E-state index in [2.05, 4.69) is 5.32 Å². The predicted octanol–water partition coefficient (Wildman–Crippen LogP) is 5.85. The number of thioether (sulfide) groups is 1. The molecule has 0 radical (unpaired) electrons. The van der Waals surface area contributed by atoms with Gasteiger partial charge in [0.25, 0.3) is 0 Å². The summed E-state index contributed by atoms with van der Waals surface area (Å²) >= 11 is 7.64. The zero-order valence-corrected chi connectivity index (χ0v) is 20.4. The number of nitrogens with one attached hydrogen (secondary N) is 1. The van der Waals surface area contributed by atoms with Crippen molar-refractivity contribution in [1.82, 2.24) is 10.2 Å². The molecule has 0 aliphatic heterocycles. The highest BCUT2D eigenvalue weighted by molar-refractivity contribution is 7.99. The second-order valence-corrected chi connectivity index (χ2v) is 9.45. The summed E-state index contributed by atoms with van der Waals surface area (Å²) in [6.07, 6.45) is 2.01. The molecule has 2 amide bonds. The van der Waals surface area contributed by atoms with Crippen molar-refractivity contribution in [3.8, 4) is 0 Å². The van der Waals surface area contributed by atoms with Gasteiger partial charge in [-0.05, 0) is 74.8 Å². The van der Waals surface area contributed by atoms with E-state index >= 15 is 0 Å². The maximum atomic E-state index is 13.1. The van der Waals surface area contributed by atoms with Crippen LogP contribution < -0.4 is 5.32 Å². The van der Waals surface area contributed by atoms with Gasteiger partial charge in [-0.25, -0.2) is 0 Å². The van der Waals surface area contributed by atoms with E-state index in [1.165, 1.54) is 0 Å². The average molecular weight is 461 g/mol. The van der Waals surface area contributed by atoms with Gasteiger partial charge in [0.1, 0.15) is 6.04 Å². The Kier molecular flexibility index (Phi) is 10.4. The van der Waals surface area contributed by atoms with Crippen LogP contribution in [0.25, 0.3) is 0 Å². The Bertz CT molecular complexity index is 857. The molecule has 6 heteroatoms. The van der Waals surface area contributed by atoms with Crippen molar-refractivity contribution < 1.29 is 9.59 Å². The minimum atomic E-state index is -0.523. The number of halogens is 1. The number of amides is 2. The lowest BCUT2D eigenvalue weighted by molar-refractivity contribution is -0.140. The van der Waals surface area contributed by atoms with E-state index in [0.29, 0.717) is 13.0 Å². The number of hydrogen-bond donors (Lipinski definition) is 1. The molecule has 31 heavy (non-hydrogen) atoms. The Morgan fingerprint density at radius 3 is 2.42 bits per heavy atom. The summed E-state index contributed by atoms with van der Waals surface area (Å²) in [5.41, 5.74) is 2.18. The summed E-state index contributed by atoms with van der Waals surface area (Å²) < 4.78 is 0. The SMILES string of the molecule is CC[C@@H](C)NC(=O)[C@H](C)N(Cc1ccccc1C)C(=O)CCCSc1ccc(Cl)cc1. The van der Waals surface area contributed by atoms with Gasteiger partial charge in [-0.3, -0.25) is 9.59 Å². The molecule has 2 aromatic carbocycles. The van der Waals surface area contributed by atoms with E-state index in [4.69, 9.17) is 11.6 Å². The lowest BCUT2D eigenvalue weighted by Crippen LogP contribution is -2.49. The van der Waals surface area contributed by atoms with Crippen LogP contribution in [0.3, 0.4) is 0 Å². The molecule has 0 saturated heterocycles. The number of hydrogen-bond acceptors (Lipinski definition) is 3. The summed E-state index contributed by atoms with van der Waals surface area (Å²) in [6.45, 7) is 8.29. The largest absolute Gasteiger partial charge is 0.352 e. The lowest BCUT2D eigenvalue weighted by atomic mass is 10.1. The van der Waals surface area contributed by atoms with Gasteiger partial charge in [0, 0.05) is 28.9 Å². The molecule has 1 N–H and O–H groups in total. The zero-order valence-electron chi connectivity index (χ0n) is 18.9. The highest BCUT2D eigenvalue weighted by Crippen LogP contribution is 2.22. The number of nitrogens with zero attached hydrogens (tertiary/aromatic N) is 1. The van der Waals surface area contributed by atoms with Crippen molar-refractivity contribution in [1.29, 1.82) is 0 Å². The maximum Gasteiger partial charge on any atom is 0.242 e. The van der Waals surface area contributed by atoms with Crippen molar-refractivity contribution in [3.63, 3.8) is 0 Å². The molecular formula is C25H33ClN2O2S. The quantitative estimate of drug-likeness (QED) is 0.338. The van der Waals surface area contributed by atoms with E-state index < -0.39 is 6.04 Å². The smallest absolute Gasteiger partial charge is 0.242 e. The first-order chi connectivity index (χ1) is 14.8. The van der Waals surface area contributed by atoms with Crippen molar-refractivity contribution in [3.05, 3.63) is 64.7 Å². The van der Waals surface area contributed by atoms with Gasteiger partial charge in [-0.1, -0.05) is 42.8 Å². The van der Waals surface area contributed by atoms with E-state index in [1.807, 2.05) is 76.2 Å². The van der Waals surface area contributed by atoms with Gasteiger partial charge in [0.2, 0.25) is 11.8 Å². The van der Waals surface area contributed by atoms with Crippen LogP contribution in [0.15, 0.2) is 53.4 Å². The average Bonchev–Trinajstić information content (AvgIpc) is 2.76. The molecule has 0 unspecified atom stereocenters. The van der Waals surface area contributed by atoms with E-state index in [9.17, 15) is 9.59 Å². The monoisotopic (exact) mass is 460 g/mol. The number of carbonyl (C=O) groups is 2. The molecule has 0 aliphatic carbocycles. The number of carbonyl (C=O) groups excluding carboxylic acids is 2. The summed E-state index contributed by atoms with van der Waals surface area (Å²) in [6, 6.07) is 15.3. The number of benzene rings is 2. The molecule has 0 heterocycles. The van der Waals surface area contributed by atoms with Crippen LogP contribution in [-0.4, -0.2) is 34.6 Å². The van der Waals surface area contributed by atoms with Crippen LogP contribution >= 0.6 is 23.4 Å². The molecule has 0 spiro atoms. The second kappa shape index (κ2) is 12.8. The molecule has 2 aromatic rings. The van der Waals surface area contributed by atoms with E-state index in [0.717, 1.165) is 39.6 Å². The molecule has 2 rings (SSSR count). The van der Waals surface area contributed by atoms with Crippen molar-refractivity contribution in [2.45, 2.75) is 70.5 Å². The summed E-state index contributed by atoms with van der Waals surface area (Å²) in [5, 5.41) is 3.73. The molecular weight excluding hydrogens is 428 g/mol. The van der Waals surface area contributed by atoms with Gasteiger partial charge in [0.05, 0.1) is 0 Å². The van der Waals surface area contributed by atoms with Gasteiger partial charge >= 0.3 is 0 Å². The van der Waals surface area contributed by atoms with E-state index in [-0.39, 0.29) is 17.9 Å². The third kappa shape index (κ3) is 8.23. The normalized spacial score (nSPS) is 12.8. The Morgan fingerprint density at radius 2 is 1.77 bits per heavy atom. The molecule has 0 aromatic heterocycles. The molecule has 0 bridgehead atoms. The first kappa shape index (κ1) is 25.3. The molecule has 2 atom stereocenters. The molecule has 168 valence electrons. The third-order valence-electron chi connectivity index (χ3n) is 5.39. The fourth-order valence-corrected chi connectivity index (χ4v) is 4.09. The fourth-order valence-electron chi connectivity index (χ4n) is 3.11. The Balaban J connectivity index is 2.01. The van der Waals surface area contributed by atoms with Gasteiger partial charge < -0.3 is 10.2 Å². The van der Waals surface area contributed by atoms with Crippen molar-refractivity contribution in [2.75, 3.05) is 5.75 Å². The minimum Gasteiger partial charge on any atom is -0.352 e. The summed E-state index contributed by atoms with van der Waals surface area (Å²) in [5.74, 6) is 0.734. The second-order valence-electron chi connectivity index (χ2n) is 7.85. The molecule has 0 saturated carbocycles. The Morgan fingerprint density at radius 1 is 1.10 bits per heavy atom. The van der Waals surface area contributed by atoms with Gasteiger partial charge in [-0.2, -0.15) is 0 Å². The van der Waals surface area contributed by atoms with Crippen molar-refractivity contribution >= 4 is 35.2 Å². The van der Waals surface area contributed by atoms with Gasteiger partial charge in [-0.15, -0.1) is 11.8 Å². The van der Waals surface area contributed by atoms with Crippen LogP contribution in [-0.2, 0) is 16.1 Å². The van der Waals surface area contributed by atoms with Crippen LogP contribution in [0.5, 0.6) is 0 Å². The number of aryl methyl sites for hydroxylation is 1. The van der Waals surface area contributed by atoms with Gasteiger partial charge in [0.15, 0.2) is 0 Å².